The molecule has 0 amide bonds. The Bertz CT molecular complexity index is 2920. The Morgan fingerprint density at radius 2 is 0.922 bits per heavy atom. The van der Waals surface area contributed by atoms with E-state index in [2.05, 4.69) is 103 Å². The molecule has 0 atom stereocenters. The van der Waals surface area contributed by atoms with Gasteiger partial charge in [0.15, 0.2) is 23.1 Å². The minimum absolute atomic E-state index is 0.606. The van der Waals surface area contributed by atoms with Gasteiger partial charge in [-0.25, -0.2) is 19.9 Å². The second kappa shape index (κ2) is 11.9. The van der Waals surface area contributed by atoms with Crippen molar-refractivity contribution < 1.29 is 4.42 Å². The van der Waals surface area contributed by atoms with Crippen LogP contribution in [0.1, 0.15) is 0 Å². The highest BCUT2D eigenvalue weighted by Crippen LogP contribution is 2.38. The third-order valence-electron chi connectivity index (χ3n) is 9.52. The van der Waals surface area contributed by atoms with Crippen molar-refractivity contribution in [2.24, 2.45) is 0 Å². The zero-order valence-corrected chi connectivity index (χ0v) is 27.4. The van der Waals surface area contributed by atoms with Gasteiger partial charge in [0.25, 0.3) is 0 Å². The average Bonchev–Trinajstić information content (AvgIpc) is 3.66. The van der Waals surface area contributed by atoms with Crippen LogP contribution in [0.4, 0.5) is 0 Å². The molecule has 0 saturated heterocycles. The van der Waals surface area contributed by atoms with Crippen LogP contribution in [0.5, 0.6) is 0 Å². The third kappa shape index (κ3) is 5.11. The van der Waals surface area contributed by atoms with E-state index in [1.807, 2.05) is 66.7 Å². The second-order valence-electron chi connectivity index (χ2n) is 12.7. The summed E-state index contributed by atoms with van der Waals surface area (Å²) in [5, 5.41) is 6.85. The number of rotatable bonds is 5. The number of oxazole rings is 1. The van der Waals surface area contributed by atoms with Crippen LogP contribution in [0.25, 0.3) is 100 Å². The fourth-order valence-corrected chi connectivity index (χ4v) is 7.02. The first-order valence-electron chi connectivity index (χ1n) is 17.0. The normalized spacial score (nSPS) is 11.5. The smallest absolute Gasteiger partial charge is 0.227 e. The van der Waals surface area contributed by atoms with Crippen LogP contribution in [0.3, 0.4) is 0 Å². The van der Waals surface area contributed by atoms with Gasteiger partial charge in [-0.15, -0.1) is 0 Å². The maximum atomic E-state index is 6.49. The topological polar surface area (TPSA) is 64.7 Å². The van der Waals surface area contributed by atoms with Gasteiger partial charge in [0, 0.05) is 27.6 Å². The summed E-state index contributed by atoms with van der Waals surface area (Å²) < 4.78 is 6.49. The molecule has 0 aliphatic carbocycles. The van der Waals surface area contributed by atoms with Gasteiger partial charge in [0.2, 0.25) is 5.89 Å². The molecule has 0 fully saturated rings. The molecule has 0 spiro atoms. The number of aromatic nitrogens is 4. The fourth-order valence-electron chi connectivity index (χ4n) is 7.02. The molecule has 0 aliphatic heterocycles. The Labute approximate surface area is 293 Å². The number of hydrogen-bond donors (Lipinski definition) is 0. The molecule has 5 nitrogen and oxygen atoms in total. The van der Waals surface area contributed by atoms with Crippen LogP contribution in [0.15, 0.2) is 174 Å². The van der Waals surface area contributed by atoms with Gasteiger partial charge >= 0.3 is 0 Å². The van der Waals surface area contributed by atoms with Crippen molar-refractivity contribution in [1.29, 1.82) is 0 Å². The predicted molar refractivity (Wildman–Crippen MR) is 207 cm³/mol. The van der Waals surface area contributed by atoms with Crippen molar-refractivity contribution in [3.05, 3.63) is 170 Å². The molecule has 10 rings (SSSR count). The molecular formula is C46H28N4O. The van der Waals surface area contributed by atoms with Crippen molar-refractivity contribution in [2.45, 2.75) is 0 Å². The van der Waals surface area contributed by atoms with Crippen LogP contribution >= 0.6 is 0 Å². The summed E-state index contributed by atoms with van der Waals surface area (Å²) in [6.07, 6.45) is 0. The van der Waals surface area contributed by atoms with Gasteiger partial charge in [-0.1, -0.05) is 140 Å². The Morgan fingerprint density at radius 1 is 0.353 bits per heavy atom. The van der Waals surface area contributed by atoms with Crippen molar-refractivity contribution in [3.8, 4) is 56.7 Å². The lowest BCUT2D eigenvalue weighted by molar-refractivity contribution is 0.623. The summed E-state index contributed by atoms with van der Waals surface area (Å²) in [5.74, 6) is 2.46. The van der Waals surface area contributed by atoms with E-state index in [4.69, 9.17) is 24.4 Å². The van der Waals surface area contributed by atoms with Crippen molar-refractivity contribution in [1.82, 2.24) is 19.9 Å². The molecule has 0 bridgehead atoms. The van der Waals surface area contributed by atoms with E-state index in [9.17, 15) is 0 Å². The molecule has 0 aliphatic rings. The summed E-state index contributed by atoms with van der Waals surface area (Å²) in [6.45, 7) is 0. The number of nitrogens with zero attached hydrogens (tertiary/aromatic N) is 4. The first-order valence-corrected chi connectivity index (χ1v) is 17.0. The van der Waals surface area contributed by atoms with E-state index < -0.39 is 0 Å². The van der Waals surface area contributed by atoms with Gasteiger partial charge < -0.3 is 4.42 Å². The molecule has 0 radical (unpaired) electrons. The van der Waals surface area contributed by atoms with E-state index in [-0.39, 0.29) is 0 Å². The van der Waals surface area contributed by atoms with Crippen LogP contribution in [-0.2, 0) is 0 Å². The minimum Gasteiger partial charge on any atom is -0.435 e. The molecule has 0 N–H and O–H groups in total. The SMILES string of the molecule is c1ccc(-c2nc(-c3cccc(-c4cccc5ccc6nc(-c7ccccc7)oc6c45)c3)nc(-c3ccc4ccc5ccccc5c4c3)n2)cc1. The summed E-state index contributed by atoms with van der Waals surface area (Å²) >= 11 is 0. The van der Waals surface area contributed by atoms with Crippen molar-refractivity contribution in [2.75, 3.05) is 0 Å². The fraction of sp³-hybridized carbons (Fsp3) is 0. The molecule has 51 heavy (non-hydrogen) atoms. The summed E-state index contributed by atoms with van der Waals surface area (Å²) in [5.41, 5.74) is 7.38. The molecule has 2 heterocycles. The quantitative estimate of drug-likeness (QED) is 0.173. The zero-order valence-electron chi connectivity index (χ0n) is 27.4. The van der Waals surface area contributed by atoms with Gasteiger partial charge in [-0.3, -0.25) is 0 Å². The van der Waals surface area contributed by atoms with Crippen molar-refractivity contribution >= 4 is 43.4 Å². The average molecular weight is 653 g/mol. The van der Waals surface area contributed by atoms with Crippen LogP contribution in [0, 0.1) is 0 Å². The highest BCUT2D eigenvalue weighted by Gasteiger charge is 2.17. The lowest BCUT2D eigenvalue weighted by Crippen LogP contribution is -2.00. The van der Waals surface area contributed by atoms with Crippen LogP contribution in [-0.4, -0.2) is 19.9 Å². The van der Waals surface area contributed by atoms with E-state index in [1.54, 1.807) is 0 Å². The highest BCUT2D eigenvalue weighted by atomic mass is 16.3. The highest BCUT2D eigenvalue weighted by molar-refractivity contribution is 6.11. The minimum atomic E-state index is 0.606. The van der Waals surface area contributed by atoms with E-state index in [0.29, 0.717) is 23.4 Å². The van der Waals surface area contributed by atoms with Gasteiger partial charge in [-0.2, -0.15) is 0 Å². The molecule has 2 aromatic heterocycles. The molecule has 8 aromatic carbocycles. The largest absolute Gasteiger partial charge is 0.435 e. The first kappa shape index (κ1) is 29.0. The molecule has 10 aromatic rings. The maximum absolute atomic E-state index is 6.49. The van der Waals surface area contributed by atoms with Crippen LogP contribution < -0.4 is 0 Å². The molecule has 0 unspecified atom stereocenters. The summed E-state index contributed by atoms with van der Waals surface area (Å²) in [7, 11) is 0. The molecule has 5 heteroatoms. The Balaban J connectivity index is 1.14. The molecule has 0 saturated carbocycles. The summed E-state index contributed by atoms with van der Waals surface area (Å²) in [4.78, 5) is 20.0. The van der Waals surface area contributed by atoms with E-state index in [1.165, 1.54) is 21.5 Å². The standard InChI is InChI=1S/C46H28N4O/c1-3-12-32(13-4-1)43-48-44(50-45(49-43)36-24-23-30-22-21-29-11-7-8-19-37(29)39(30)28-36)35-18-9-17-34(27-35)38-20-10-16-31-25-26-40-42(41(31)38)51-46(47-40)33-14-5-2-6-15-33/h1-28H. The first-order chi connectivity index (χ1) is 25.2. The van der Waals surface area contributed by atoms with Crippen molar-refractivity contribution in [3.63, 3.8) is 0 Å². The Morgan fingerprint density at radius 3 is 1.73 bits per heavy atom. The lowest BCUT2D eigenvalue weighted by Gasteiger charge is -2.12. The second-order valence-corrected chi connectivity index (χ2v) is 12.7. The van der Waals surface area contributed by atoms with Gasteiger partial charge in [0.1, 0.15) is 5.52 Å². The Kier molecular flexibility index (Phi) is 6.74. The van der Waals surface area contributed by atoms with Gasteiger partial charge in [0.05, 0.1) is 0 Å². The monoisotopic (exact) mass is 652 g/mol. The maximum Gasteiger partial charge on any atom is 0.227 e. The van der Waals surface area contributed by atoms with E-state index in [0.717, 1.165) is 55.3 Å². The van der Waals surface area contributed by atoms with Crippen LogP contribution in [0.2, 0.25) is 0 Å². The number of fused-ring (bicyclic) bond motifs is 6. The van der Waals surface area contributed by atoms with Gasteiger partial charge in [-0.05, 0) is 68.4 Å². The Hall–Kier alpha value is -6.98. The number of benzene rings is 8. The third-order valence-corrected chi connectivity index (χ3v) is 9.52. The molecular weight excluding hydrogens is 625 g/mol. The summed E-state index contributed by atoms with van der Waals surface area (Å²) in [6, 6.07) is 58.3. The lowest BCUT2D eigenvalue weighted by atomic mass is 9.96. The molecule has 238 valence electrons. The zero-order chi connectivity index (χ0) is 33.7. The predicted octanol–water partition coefficient (Wildman–Crippen LogP) is 11.8. The number of hydrogen-bond acceptors (Lipinski definition) is 5. The van der Waals surface area contributed by atoms with E-state index >= 15 is 0 Å².